The fourth-order valence-electron chi connectivity index (χ4n) is 2.96. The molecule has 2 aromatic rings. The van der Waals surface area contributed by atoms with E-state index in [2.05, 4.69) is 24.5 Å². The Morgan fingerprint density at radius 2 is 1.64 bits per heavy atom. The van der Waals surface area contributed by atoms with Crippen LogP contribution in [0.5, 0.6) is 5.75 Å². The van der Waals surface area contributed by atoms with Crippen LogP contribution in [0.15, 0.2) is 36.4 Å². The number of aryl methyl sites for hydroxylation is 1. The average Bonchev–Trinajstić information content (AvgIpc) is 2.59. The molecule has 0 heterocycles. The monoisotopic (exact) mass is 382 g/mol. The Bertz CT molecular complexity index is 880. The van der Waals surface area contributed by atoms with Crippen LogP contribution in [-0.2, 0) is 0 Å². The molecule has 5 heteroatoms. The number of anilines is 1. The molecule has 0 saturated carbocycles. The van der Waals surface area contributed by atoms with Crippen molar-refractivity contribution in [2.45, 2.75) is 53.0 Å². The molecule has 0 fully saturated rings. The SMILES string of the molecule is COc1cc(C)c(C(=O)Nc2ccccc2C(=O)NC(C)(C)C)cc1C(C)C. The average molecular weight is 383 g/mol. The maximum absolute atomic E-state index is 13.0. The van der Waals surface area contributed by atoms with Crippen LogP contribution in [0, 0.1) is 6.92 Å². The van der Waals surface area contributed by atoms with Gasteiger partial charge in [0, 0.05) is 11.1 Å². The van der Waals surface area contributed by atoms with E-state index in [0.717, 1.165) is 16.9 Å². The minimum atomic E-state index is -0.368. The second-order valence-corrected chi connectivity index (χ2v) is 8.27. The summed E-state index contributed by atoms with van der Waals surface area (Å²) in [4.78, 5) is 25.6. The van der Waals surface area contributed by atoms with Crippen LogP contribution in [0.25, 0.3) is 0 Å². The van der Waals surface area contributed by atoms with E-state index in [1.165, 1.54) is 0 Å². The van der Waals surface area contributed by atoms with Crippen molar-refractivity contribution in [3.05, 3.63) is 58.7 Å². The number of methoxy groups -OCH3 is 1. The Balaban J connectivity index is 2.36. The number of amides is 2. The zero-order valence-electron chi connectivity index (χ0n) is 17.8. The van der Waals surface area contributed by atoms with Crippen molar-refractivity contribution in [1.82, 2.24) is 5.32 Å². The summed E-state index contributed by atoms with van der Waals surface area (Å²) in [5.74, 6) is 0.511. The van der Waals surface area contributed by atoms with Gasteiger partial charge >= 0.3 is 0 Å². The Kier molecular flexibility index (Phi) is 6.49. The minimum absolute atomic E-state index is 0.215. The van der Waals surface area contributed by atoms with Gasteiger partial charge in [-0.1, -0.05) is 26.0 Å². The van der Waals surface area contributed by atoms with Gasteiger partial charge in [-0.05, 0) is 69.0 Å². The summed E-state index contributed by atoms with van der Waals surface area (Å²) in [5, 5.41) is 5.83. The normalized spacial score (nSPS) is 11.3. The molecular weight excluding hydrogens is 352 g/mol. The van der Waals surface area contributed by atoms with E-state index >= 15 is 0 Å². The lowest BCUT2D eigenvalue weighted by atomic mass is 9.96. The quantitative estimate of drug-likeness (QED) is 0.772. The van der Waals surface area contributed by atoms with Crippen molar-refractivity contribution in [2.24, 2.45) is 0 Å². The summed E-state index contributed by atoms with van der Waals surface area (Å²) in [6.45, 7) is 11.7. The first kappa shape index (κ1) is 21.5. The zero-order chi connectivity index (χ0) is 21.1. The van der Waals surface area contributed by atoms with Gasteiger partial charge < -0.3 is 15.4 Å². The number of hydrogen-bond donors (Lipinski definition) is 2. The van der Waals surface area contributed by atoms with E-state index in [-0.39, 0.29) is 23.3 Å². The van der Waals surface area contributed by atoms with Gasteiger partial charge in [0.1, 0.15) is 5.75 Å². The highest BCUT2D eigenvalue weighted by atomic mass is 16.5. The van der Waals surface area contributed by atoms with Gasteiger partial charge in [-0.25, -0.2) is 0 Å². The molecule has 2 rings (SSSR count). The summed E-state index contributed by atoms with van der Waals surface area (Å²) < 4.78 is 5.45. The zero-order valence-corrected chi connectivity index (χ0v) is 17.8. The van der Waals surface area contributed by atoms with E-state index < -0.39 is 0 Å². The van der Waals surface area contributed by atoms with Crippen LogP contribution in [0.2, 0.25) is 0 Å². The molecule has 150 valence electrons. The number of hydrogen-bond acceptors (Lipinski definition) is 3. The summed E-state index contributed by atoms with van der Waals surface area (Å²) in [5.41, 5.74) is 2.90. The van der Waals surface area contributed by atoms with Crippen molar-refractivity contribution in [2.75, 3.05) is 12.4 Å². The molecule has 5 nitrogen and oxygen atoms in total. The number of ether oxygens (including phenoxy) is 1. The van der Waals surface area contributed by atoms with E-state index in [1.807, 2.05) is 39.8 Å². The lowest BCUT2D eigenvalue weighted by Crippen LogP contribution is -2.40. The molecular formula is C23H30N2O3. The van der Waals surface area contributed by atoms with E-state index in [0.29, 0.717) is 16.8 Å². The van der Waals surface area contributed by atoms with Crippen molar-refractivity contribution in [1.29, 1.82) is 0 Å². The van der Waals surface area contributed by atoms with Gasteiger partial charge in [0.05, 0.1) is 18.4 Å². The lowest BCUT2D eigenvalue weighted by Gasteiger charge is -2.22. The number of carbonyl (C=O) groups is 2. The van der Waals surface area contributed by atoms with Crippen LogP contribution in [0.3, 0.4) is 0 Å². The highest BCUT2D eigenvalue weighted by Crippen LogP contribution is 2.30. The topological polar surface area (TPSA) is 67.4 Å². The first-order valence-electron chi connectivity index (χ1n) is 9.45. The maximum Gasteiger partial charge on any atom is 0.255 e. The number of carbonyl (C=O) groups excluding carboxylic acids is 2. The highest BCUT2D eigenvalue weighted by Gasteiger charge is 2.20. The third-order valence-electron chi connectivity index (χ3n) is 4.35. The summed E-state index contributed by atoms with van der Waals surface area (Å²) in [6, 6.07) is 10.8. The van der Waals surface area contributed by atoms with Gasteiger partial charge in [0.2, 0.25) is 0 Å². The molecule has 2 aromatic carbocycles. The first-order chi connectivity index (χ1) is 13.0. The van der Waals surface area contributed by atoms with Crippen LogP contribution in [0.1, 0.15) is 72.4 Å². The fraction of sp³-hybridized carbons (Fsp3) is 0.391. The van der Waals surface area contributed by atoms with Crippen LogP contribution < -0.4 is 15.4 Å². The van der Waals surface area contributed by atoms with Crippen LogP contribution in [0.4, 0.5) is 5.69 Å². The van der Waals surface area contributed by atoms with Crippen LogP contribution in [-0.4, -0.2) is 24.5 Å². The van der Waals surface area contributed by atoms with Crippen molar-refractivity contribution < 1.29 is 14.3 Å². The fourth-order valence-corrected chi connectivity index (χ4v) is 2.96. The van der Waals surface area contributed by atoms with E-state index in [4.69, 9.17) is 4.74 Å². The molecule has 0 aliphatic carbocycles. The third kappa shape index (κ3) is 5.12. The molecule has 0 unspecified atom stereocenters. The molecule has 0 spiro atoms. The number of rotatable bonds is 5. The van der Waals surface area contributed by atoms with E-state index in [9.17, 15) is 9.59 Å². The molecule has 0 radical (unpaired) electrons. The number of benzene rings is 2. The van der Waals surface area contributed by atoms with Crippen LogP contribution >= 0.6 is 0 Å². The van der Waals surface area contributed by atoms with Crippen molar-refractivity contribution in [3.63, 3.8) is 0 Å². The standard InChI is InChI=1S/C23H30N2O3/c1-14(2)17-13-18(15(3)12-20(17)28-7)21(26)24-19-11-9-8-10-16(19)22(27)25-23(4,5)6/h8-14H,1-7H3,(H,24,26)(H,25,27). The largest absolute Gasteiger partial charge is 0.496 e. The number of nitrogens with one attached hydrogen (secondary N) is 2. The van der Waals surface area contributed by atoms with Gasteiger partial charge in [-0.2, -0.15) is 0 Å². The summed E-state index contributed by atoms with van der Waals surface area (Å²) in [7, 11) is 1.63. The minimum Gasteiger partial charge on any atom is -0.496 e. The second kappa shape index (κ2) is 8.46. The van der Waals surface area contributed by atoms with Crippen molar-refractivity contribution >= 4 is 17.5 Å². The highest BCUT2D eigenvalue weighted by molar-refractivity contribution is 6.09. The summed E-state index contributed by atoms with van der Waals surface area (Å²) >= 11 is 0. The molecule has 0 saturated heterocycles. The van der Waals surface area contributed by atoms with Gasteiger partial charge in [0.25, 0.3) is 11.8 Å². The summed E-state index contributed by atoms with van der Waals surface area (Å²) in [6.07, 6.45) is 0. The number of para-hydroxylation sites is 1. The molecule has 0 aliphatic rings. The molecule has 2 N–H and O–H groups in total. The molecule has 28 heavy (non-hydrogen) atoms. The first-order valence-corrected chi connectivity index (χ1v) is 9.45. The second-order valence-electron chi connectivity index (χ2n) is 8.27. The predicted molar refractivity (Wildman–Crippen MR) is 113 cm³/mol. The molecule has 0 aliphatic heterocycles. The molecule has 0 aromatic heterocycles. The third-order valence-corrected chi connectivity index (χ3v) is 4.35. The Labute approximate surface area is 167 Å². The van der Waals surface area contributed by atoms with Gasteiger partial charge in [0.15, 0.2) is 0 Å². The lowest BCUT2D eigenvalue weighted by molar-refractivity contribution is 0.0920. The van der Waals surface area contributed by atoms with Gasteiger partial charge in [-0.15, -0.1) is 0 Å². The van der Waals surface area contributed by atoms with Crippen molar-refractivity contribution in [3.8, 4) is 5.75 Å². The van der Waals surface area contributed by atoms with Gasteiger partial charge in [-0.3, -0.25) is 9.59 Å². The maximum atomic E-state index is 13.0. The molecule has 2 amide bonds. The predicted octanol–water partition coefficient (Wildman–Crippen LogP) is 4.91. The molecule has 0 bridgehead atoms. The van der Waals surface area contributed by atoms with E-state index in [1.54, 1.807) is 31.4 Å². The Morgan fingerprint density at radius 1 is 1.00 bits per heavy atom. The Hall–Kier alpha value is -2.82. The molecule has 0 atom stereocenters. The smallest absolute Gasteiger partial charge is 0.255 e. The Morgan fingerprint density at radius 3 is 2.21 bits per heavy atom.